The van der Waals surface area contributed by atoms with E-state index in [4.69, 9.17) is 0 Å². The number of nitrogens with one attached hydrogen (secondary N) is 1. The third-order valence-corrected chi connectivity index (χ3v) is 2.64. The number of aryl methyl sites for hydroxylation is 1. The zero-order chi connectivity index (χ0) is 9.14. The first-order chi connectivity index (χ1) is 5.66. The van der Waals surface area contributed by atoms with E-state index in [-0.39, 0.29) is 5.82 Å². The van der Waals surface area contributed by atoms with Crippen molar-refractivity contribution in [3.63, 3.8) is 0 Å². The molecule has 1 rings (SSSR count). The minimum Gasteiger partial charge on any atom is -0.316 e. The van der Waals surface area contributed by atoms with Crippen LogP contribution in [0.15, 0.2) is 16.6 Å². The van der Waals surface area contributed by atoms with E-state index >= 15 is 0 Å². The molecule has 0 atom stereocenters. The summed E-state index contributed by atoms with van der Waals surface area (Å²) in [4.78, 5) is 0. The van der Waals surface area contributed by atoms with Gasteiger partial charge in [0.05, 0.1) is 4.47 Å². The van der Waals surface area contributed by atoms with Gasteiger partial charge in [-0.05, 0) is 47.1 Å². The summed E-state index contributed by atoms with van der Waals surface area (Å²) >= 11 is 3.22. The third kappa shape index (κ3) is 1.84. The van der Waals surface area contributed by atoms with E-state index in [1.165, 1.54) is 6.07 Å². The molecule has 0 saturated carbocycles. The molecule has 1 aromatic carbocycles. The summed E-state index contributed by atoms with van der Waals surface area (Å²) in [5.74, 6) is -0.203. The number of benzene rings is 1. The zero-order valence-corrected chi connectivity index (χ0v) is 8.70. The second kappa shape index (κ2) is 4.01. The topological polar surface area (TPSA) is 12.0 Å². The van der Waals surface area contributed by atoms with E-state index in [1.807, 2.05) is 14.0 Å². The van der Waals surface area contributed by atoms with Crippen molar-refractivity contribution in [3.8, 4) is 0 Å². The molecule has 12 heavy (non-hydrogen) atoms. The van der Waals surface area contributed by atoms with Gasteiger partial charge in [0.1, 0.15) is 5.82 Å². The summed E-state index contributed by atoms with van der Waals surface area (Å²) in [6.07, 6.45) is 0. The predicted octanol–water partition coefficient (Wildman–Crippen LogP) is 2.62. The zero-order valence-electron chi connectivity index (χ0n) is 7.12. The Hall–Kier alpha value is -0.410. The molecule has 0 aliphatic heterocycles. The van der Waals surface area contributed by atoms with Crippen LogP contribution < -0.4 is 5.32 Å². The van der Waals surface area contributed by atoms with Crippen LogP contribution in [0.1, 0.15) is 11.1 Å². The highest BCUT2D eigenvalue weighted by Gasteiger charge is 2.06. The van der Waals surface area contributed by atoms with Gasteiger partial charge in [-0.25, -0.2) is 4.39 Å². The summed E-state index contributed by atoms with van der Waals surface area (Å²) in [5.41, 5.74) is 2.08. The fourth-order valence-electron chi connectivity index (χ4n) is 1.08. The van der Waals surface area contributed by atoms with Crippen molar-refractivity contribution >= 4 is 15.9 Å². The van der Waals surface area contributed by atoms with E-state index in [1.54, 1.807) is 6.07 Å². The maximum atomic E-state index is 13.0. The molecule has 0 fully saturated rings. The molecule has 0 heterocycles. The average molecular weight is 232 g/mol. The van der Waals surface area contributed by atoms with Gasteiger partial charge in [-0.1, -0.05) is 6.07 Å². The number of halogens is 2. The average Bonchev–Trinajstić information content (AvgIpc) is 2.06. The lowest BCUT2D eigenvalue weighted by Gasteiger charge is -2.07. The highest BCUT2D eigenvalue weighted by atomic mass is 79.9. The quantitative estimate of drug-likeness (QED) is 0.826. The Kier molecular flexibility index (Phi) is 3.23. The highest BCUT2D eigenvalue weighted by molar-refractivity contribution is 9.10. The summed E-state index contributed by atoms with van der Waals surface area (Å²) in [6.45, 7) is 2.65. The first-order valence-electron chi connectivity index (χ1n) is 3.75. The van der Waals surface area contributed by atoms with Gasteiger partial charge in [-0.2, -0.15) is 0 Å². The first kappa shape index (κ1) is 9.68. The lowest BCUT2D eigenvalue weighted by atomic mass is 10.1. The fourth-order valence-corrected chi connectivity index (χ4v) is 1.67. The fraction of sp³-hybridized carbons (Fsp3) is 0.333. The molecule has 0 saturated heterocycles. The molecular formula is C9H11BrFN. The van der Waals surface area contributed by atoms with E-state index in [0.717, 1.165) is 11.1 Å². The predicted molar refractivity (Wildman–Crippen MR) is 51.6 cm³/mol. The molecule has 3 heteroatoms. The van der Waals surface area contributed by atoms with Crippen molar-refractivity contribution < 1.29 is 4.39 Å². The Labute approximate surface area is 80.1 Å². The van der Waals surface area contributed by atoms with Crippen molar-refractivity contribution in [1.82, 2.24) is 5.32 Å². The second-order valence-electron chi connectivity index (χ2n) is 2.69. The molecule has 0 spiro atoms. The van der Waals surface area contributed by atoms with E-state index in [9.17, 15) is 4.39 Å². The monoisotopic (exact) mass is 231 g/mol. The minimum atomic E-state index is -0.203. The molecule has 0 amide bonds. The standard InChI is InChI=1S/C9H11BrFN/c1-6-3-4-8(11)9(10)7(6)5-12-2/h3-4,12H,5H2,1-2H3. The maximum Gasteiger partial charge on any atom is 0.137 e. The second-order valence-corrected chi connectivity index (χ2v) is 3.48. The molecule has 0 aliphatic rings. The van der Waals surface area contributed by atoms with E-state index in [2.05, 4.69) is 21.2 Å². The number of hydrogen-bond donors (Lipinski definition) is 1. The molecular weight excluding hydrogens is 221 g/mol. The molecule has 1 nitrogen and oxygen atoms in total. The Bertz CT molecular complexity index is 286. The van der Waals surface area contributed by atoms with Crippen molar-refractivity contribution in [2.45, 2.75) is 13.5 Å². The Morgan fingerprint density at radius 1 is 1.50 bits per heavy atom. The van der Waals surface area contributed by atoms with Gasteiger partial charge in [0, 0.05) is 6.54 Å². The Balaban J connectivity index is 3.14. The van der Waals surface area contributed by atoms with Crippen LogP contribution in [0.3, 0.4) is 0 Å². The number of hydrogen-bond acceptors (Lipinski definition) is 1. The van der Waals surface area contributed by atoms with Crippen LogP contribution >= 0.6 is 15.9 Å². The Morgan fingerprint density at radius 3 is 2.75 bits per heavy atom. The lowest BCUT2D eigenvalue weighted by molar-refractivity contribution is 0.615. The lowest BCUT2D eigenvalue weighted by Crippen LogP contribution is -2.08. The van der Waals surface area contributed by atoms with Gasteiger partial charge < -0.3 is 5.32 Å². The smallest absolute Gasteiger partial charge is 0.137 e. The third-order valence-electron chi connectivity index (χ3n) is 1.78. The van der Waals surface area contributed by atoms with Crippen molar-refractivity contribution in [1.29, 1.82) is 0 Å². The summed E-state index contributed by atoms with van der Waals surface area (Å²) in [5, 5.41) is 3.00. The maximum absolute atomic E-state index is 13.0. The SMILES string of the molecule is CNCc1c(C)ccc(F)c1Br. The highest BCUT2D eigenvalue weighted by Crippen LogP contribution is 2.23. The largest absolute Gasteiger partial charge is 0.316 e. The van der Waals surface area contributed by atoms with Crippen molar-refractivity contribution in [2.24, 2.45) is 0 Å². The summed E-state index contributed by atoms with van der Waals surface area (Å²) < 4.78 is 13.6. The van der Waals surface area contributed by atoms with E-state index in [0.29, 0.717) is 11.0 Å². The normalized spacial score (nSPS) is 10.3. The van der Waals surface area contributed by atoms with Crippen LogP contribution in [0.5, 0.6) is 0 Å². The Morgan fingerprint density at radius 2 is 2.17 bits per heavy atom. The van der Waals surface area contributed by atoms with Gasteiger partial charge in [-0.3, -0.25) is 0 Å². The van der Waals surface area contributed by atoms with Crippen molar-refractivity contribution in [2.75, 3.05) is 7.05 Å². The molecule has 0 bridgehead atoms. The van der Waals surface area contributed by atoms with Crippen LogP contribution in [0, 0.1) is 12.7 Å². The van der Waals surface area contributed by atoms with Crippen LogP contribution in [0.2, 0.25) is 0 Å². The molecule has 0 radical (unpaired) electrons. The molecule has 0 aliphatic carbocycles. The van der Waals surface area contributed by atoms with Crippen LogP contribution in [-0.4, -0.2) is 7.05 Å². The van der Waals surface area contributed by atoms with Gasteiger partial charge >= 0.3 is 0 Å². The minimum absolute atomic E-state index is 0.203. The molecule has 0 unspecified atom stereocenters. The summed E-state index contributed by atoms with van der Waals surface area (Å²) in [7, 11) is 1.84. The number of rotatable bonds is 2. The van der Waals surface area contributed by atoms with Gasteiger partial charge in [0.2, 0.25) is 0 Å². The van der Waals surface area contributed by atoms with Crippen LogP contribution in [0.25, 0.3) is 0 Å². The summed E-state index contributed by atoms with van der Waals surface area (Å²) in [6, 6.07) is 3.26. The molecule has 66 valence electrons. The van der Waals surface area contributed by atoms with Gasteiger partial charge in [-0.15, -0.1) is 0 Å². The molecule has 1 N–H and O–H groups in total. The molecule has 1 aromatic rings. The first-order valence-corrected chi connectivity index (χ1v) is 4.54. The van der Waals surface area contributed by atoms with Gasteiger partial charge in [0.25, 0.3) is 0 Å². The van der Waals surface area contributed by atoms with Crippen LogP contribution in [-0.2, 0) is 6.54 Å². The van der Waals surface area contributed by atoms with E-state index < -0.39 is 0 Å². The van der Waals surface area contributed by atoms with Crippen molar-refractivity contribution in [3.05, 3.63) is 33.5 Å². The molecule has 0 aromatic heterocycles. The van der Waals surface area contributed by atoms with Gasteiger partial charge in [0.15, 0.2) is 0 Å². The van der Waals surface area contributed by atoms with Crippen LogP contribution in [0.4, 0.5) is 4.39 Å².